The molecule has 118 valence electrons. The van der Waals surface area contributed by atoms with Gasteiger partial charge < -0.3 is 10.3 Å². The number of hydrogen-bond donors (Lipinski definition) is 2. The first-order chi connectivity index (χ1) is 11.6. The molecule has 2 unspecified atom stereocenters. The molecule has 0 aromatic heterocycles. The van der Waals surface area contributed by atoms with E-state index in [0.29, 0.717) is 0 Å². The lowest BCUT2D eigenvalue weighted by Crippen LogP contribution is -3.10. The number of nitrogens with zero attached hydrogens (tertiary/aromatic N) is 3. The van der Waals surface area contributed by atoms with Crippen molar-refractivity contribution in [3.05, 3.63) is 47.5 Å². The fourth-order valence-electron chi connectivity index (χ4n) is 4.09. The molecule has 0 amide bonds. The number of likely N-dealkylation sites (N-methyl/N-ethyl adjacent to an activating group) is 1. The van der Waals surface area contributed by atoms with E-state index in [1.165, 1.54) is 4.90 Å². The van der Waals surface area contributed by atoms with Crippen LogP contribution >= 0.6 is 0 Å². The summed E-state index contributed by atoms with van der Waals surface area (Å²) < 4.78 is 0. The third kappa shape index (κ3) is 2.13. The summed E-state index contributed by atoms with van der Waals surface area (Å²) in [7, 11) is 2.07. The van der Waals surface area contributed by atoms with Crippen LogP contribution in [0, 0.1) is 56.7 Å². The van der Waals surface area contributed by atoms with Gasteiger partial charge in [-0.2, -0.15) is 15.8 Å². The Balaban J connectivity index is 2.26. The van der Waals surface area contributed by atoms with Crippen molar-refractivity contribution in [2.75, 3.05) is 20.1 Å². The zero-order valence-electron chi connectivity index (χ0n) is 13.5. The second kappa shape index (κ2) is 5.93. The van der Waals surface area contributed by atoms with Crippen LogP contribution in [0.3, 0.4) is 0 Å². The molecule has 2 N–H and O–H groups in total. The average molecular weight is 316 g/mol. The highest BCUT2D eigenvalue weighted by Gasteiger charge is 2.58. The summed E-state index contributed by atoms with van der Waals surface area (Å²) in [6.07, 6.45) is 2.03. The molecule has 0 radical (unpaired) electrons. The van der Waals surface area contributed by atoms with Crippen molar-refractivity contribution < 1.29 is 4.90 Å². The molecule has 1 saturated carbocycles. The second-order valence-corrected chi connectivity index (χ2v) is 6.57. The van der Waals surface area contributed by atoms with E-state index in [1.54, 1.807) is 0 Å². The van der Waals surface area contributed by atoms with Gasteiger partial charge in [0, 0.05) is 11.8 Å². The Labute approximate surface area is 141 Å². The summed E-state index contributed by atoms with van der Waals surface area (Å²) in [5.41, 5.74) is 0.114. The Kier molecular flexibility index (Phi) is 3.94. The van der Waals surface area contributed by atoms with Gasteiger partial charge in [-0.25, -0.2) is 0 Å². The maximum absolute atomic E-state index is 9.86. The topological polar surface area (TPSA) is 99.7 Å². The maximum atomic E-state index is 9.86. The van der Waals surface area contributed by atoms with Crippen molar-refractivity contribution in [1.82, 2.24) is 0 Å². The number of nitrogens with one attached hydrogen (secondary N) is 2. The Morgan fingerprint density at radius 3 is 2.42 bits per heavy atom. The molecule has 5 nitrogen and oxygen atoms in total. The standard InChI is InChI=1S/C19H17N5/c1-24-8-7-14-15(9-20)18(23)19(11-21,12-22)17(16(14)10-24)13-5-3-2-4-6-13/h2-7,15-17,23H,8,10H2,1H3/p+1/t15?,16-,17+/m1/s1. The van der Waals surface area contributed by atoms with Gasteiger partial charge in [0.1, 0.15) is 5.92 Å². The Morgan fingerprint density at radius 2 is 1.83 bits per heavy atom. The highest BCUT2D eigenvalue weighted by Crippen LogP contribution is 2.52. The van der Waals surface area contributed by atoms with E-state index in [1.807, 2.05) is 36.4 Å². The molecular weight excluding hydrogens is 298 g/mol. The fraction of sp³-hybridized carbons (Fsp3) is 0.368. The third-order valence-corrected chi connectivity index (χ3v) is 5.24. The van der Waals surface area contributed by atoms with Crippen LogP contribution in [-0.4, -0.2) is 25.8 Å². The molecule has 1 aliphatic carbocycles. The van der Waals surface area contributed by atoms with Crippen LogP contribution in [-0.2, 0) is 0 Å². The SMILES string of the molecule is C[NH+]1CC=C2C(C#N)C(=N)C(C#N)(C#N)[C@@H](c3ccccc3)[C@@H]2C1. The Bertz CT molecular complexity index is 804. The molecule has 1 aliphatic heterocycles. The largest absolute Gasteiger partial charge is 0.334 e. The molecular formula is C19H18N5+. The fourth-order valence-corrected chi connectivity index (χ4v) is 4.09. The number of fused-ring (bicyclic) bond motifs is 1. The molecule has 24 heavy (non-hydrogen) atoms. The minimum Gasteiger partial charge on any atom is -0.334 e. The normalized spacial score (nSPS) is 30.9. The number of quaternary nitrogens is 1. The zero-order valence-corrected chi connectivity index (χ0v) is 13.5. The molecule has 1 fully saturated rings. The Hall–Kier alpha value is -2.94. The predicted molar refractivity (Wildman–Crippen MR) is 87.9 cm³/mol. The molecule has 5 heteroatoms. The van der Waals surface area contributed by atoms with Crippen molar-refractivity contribution in [3.8, 4) is 18.2 Å². The molecule has 1 aromatic rings. The van der Waals surface area contributed by atoms with Crippen molar-refractivity contribution in [3.63, 3.8) is 0 Å². The van der Waals surface area contributed by atoms with Gasteiger partial charge in [0.05, 0.1) is 44.1 Å². The summed E-state index contributed by atoms with van der Waals surface area (Å²) in [6, 6.07) is 15.9. The number of hydrogen-bond acceptors (Lipinski definition) is 4. The predicted octanol–water partition coefficient (Wildman–Crippen LogP) is 1.05. The molecule has 2 aliphatic rings. The molecule has 0 spiro atoms. The van der Waals surface area contributed by atoms with Gasteiger partial charge in [0.25, 0.3) is 0 Å². The van der Waals surface area contributed by atoms with E-state index in [4.69, 9.17) is 5.41 Å². The summed E-state index contributed by atoms with van der Waals surface area (Å²) in [5, 5.41) is 37.8. The lowest BCUT2D eigenvalue weighted by atomic mass is 9.54. The van der Waals surface area contributed by atoms with Crippen LogP contribution < -0.4 is 4.90 Å². The van der Waals surface area contributed by atoms with Gasteiger partial charge in [0.2, 0.25) is 0 Å². The van der Waals surface area contributed by atoms with Gasteiger partial charge in [0.15, 0.2) is 5.41 Å². The van der Waals surface area contributed by atoms with E-state index in [0.717, 1.165) is 24.2 Å². The van der Waals surface area contributed by atoms with E-state index in [2.05, 4.69) is 25.3 Å². The van der Waals surface area contributed by atoms with Crippen LogP contribution in [0.4, 0.5) is 0 Å². The molecule has 4 atom stereocenters. The van der Waals surface area contributed by atoms with E-state index in [9.17, 15) is 15.8 Å². The molecule has 0 saturated heterocycles. The number of benzene rings is 1. The van der Waals surface area contributed by atoms with Crippen LogP contribution in [0.1, 0.15) is 11.5 Å². The Morgan fingerprint density at radius 1 is 1.17 bits per heavy atom. The van der Waals surface area contributed by atoms with Gasteiger partial charge in [-0.15, -0.1) is 0 Å². The van der Waals surface area contributed by atoms with Gasteiger partial charge in [-0.1, -0.05) is 30.3 Å². The third-order valence-electron chi connectivity index (χ3n) is 5.24. The smallest absolute Gasteiger partial charge is 0.189 e. The zero-order chi connectivity index (χ0) is 17.3. The highest BCUT2D eigenvalue weighted by molar-refractivity contribution is 6.00. The van der Waals surface area contributed by atoms with Crippen molar-refractivity contribution in [1.29, 1.82) is 21.2 Å². The minimum atomic E-state index is -1.60. The lowest BCUT2D eigenvalue weighted by Gasteiger charge is -2.45. The summed E-state index contributed by atoms with van der Waals surface area (Å²) in [5.74, 6) is -1.28. The van der Waals surface area contributed by atoms with Crippen LogP contribution in [0.15, 0.2) is 42.0 Å². The molecule has 3 rings (SSSR count). The lowest BCUT2D eigenvalue weighted by molar-refractivity contribution is -0.878. The summed E-state index contributed by atoms with van der Waals surface area (Å²) >= 11 is 0. The van der Waals surface area contributed by atoms with E-state index in [-0.39, 0.29) is 11.6 Å². The maximum Gasteiger partial charge on any atom is 0.189 e. The van der Waals surface area contributed by atoms with Gasteiger partial charge in [-0.05, 0) is 17.2 Å². The number of rotatable bonds is 1. The highest BCUT2D eigenvalue weighted by atomic mass is 15.1. The molecule has 1 heterocycles. The van der Waals surface area contributed by atoms with Crippen LogP contribution in [0.25, 0.3) is 0 Å². The second-order valence-electron chi connectivity index (χ2n) is 6.57. The first-order valence-corrected chi connectivity index (χ1v) is 7.96. The van der Waals surface area contributed by atoms with Gasteiger partial charge in [-0.3, -0.25) is 0 Å². The number of nitriles is 3. The average Bonchev–Trinajstić information content (AvgIpc) is 2.62. The van der Waals surface area contributed by atoms with Crippen molar-refractivity contribution in [2.24, 2.45) is 17.3 Å². The quantitative estimate of drug-likeness (QED) is 0.757. The van der Waals surface area contributed by atoms with Crippen molar-refractivity contribution in [2.45, 2.75) is 5.92 Å². The van der Waals surface area contributed by atoms with E-state index < -0.39 is 17.3 Å². The first kappa shape index (κ1) is 15.9. The van der Waals surface area contributed by atoms with Crippen LogP contribution in [0.5, 0.6) is 0 Å². The monoisotopic (exact) mass is 316 g/mol. The summed E-state index contributed by atoms with van der Waals surface area (Å²) in [6.45, 7) is 1.55. The minimum absolute atomic E-state index is 0.0779. The van der Waals surface area contributed by atoms with E-state index >= 15 is 0 Å². The molecule has 0 bridgehead atoms. The van der Waals surface area contributed by atoms with Crippen molar-refractivity contribution >= 4 is 5.71 Å². The van der Waals surface area contributed by atoms with Gasteiger partial charge >= 0.3 is 0 Å². The molecule has 1 aromatic carbocycles. The first-order valence-electron chi connectivity index (χ1n) is 7.96. The summed E-state index contributed by atoms with van der Waals surface area (Å²) in [4.78, 5) is 1.28. The van der Waals surface area contributed by atoms with Crippen LogP contribution in [0.2, 0.25) is 0 Å².